The lowest BCUT2D eigenvalue weighted by Crippen LogP contribution is -2.34. The fourth-order valence-electron chi connectivity index (χ4n) is 1.69. The molecule has 1 atom stereocenters. The molecular formula is C11H22N2O2. The third-order valence-corrected chi connectivity index (χ3v) is 2.62. The van der Waals surface area contributed by atoms with Crippen LogP contribution in [0, 0.1) is 5.92 Å². The summed E-state index contributed by atoms with van der Waals surface area (Å²) in [6, 6.07) is 0. The minimum Gasteiger partial charge on any atom is -0.381 e. The topological polar surface area (TPSA) is 50.4 Å². The molecule has 1 saturated heterocycles. The van der Waals surface area contributed by atoms with E-state index in [1.54, 1.807) is 0 Å². The summed E-state index contributed by atoms with van der Waals surface area (Å²) >= 11 is 0. The van der Waals surface area contributed by atoms with Crippen molar-refractivity contribution in [1.82, 2.24) is 10.6 Å². The SMILES string of the molecule is CCNCCC(=O)NCC1CCCOC1. The van der Waals surface area contributed by atoms with Crippen LogP contribution >= 0.6 is 0 Å². The lowest BCUT2D eigenvalue weighted by atomic mass is 10.0. The Labute approximate surface area is 91.8 Å². The number of hydrogen-bond acceptors (Lipinski definition) is 3. The first-order valence-corrected chi connectivity index (χ1v) is 5.88. The smallest absolute Gasteiger partial charge is 0.221 e. The molecule has 0 saturated carbocycles. The van der Waals surface area contributed by atoms with E-state index in [0.717, 1.165) is 39.3 Å². The number of rotatable bonds is 6. The fourth-order valence-corrected chi connectivity index (χ4v) is 1.69. The summed E-state index contributed by atoms with van der Waals surface area (Å²) in [5.41, 5.74) is 0. The minimum absolute atomic E-state index is 0.140. The zero-order valence-electron chi connectivity index (χ0n) is 9.55. The first kappa shape index (κ1) is 12.5. The number of hydrogen-bond donors (Lipinski definition) is 2. The number of carbonyl (C=O) groups is 1. The van der Waals surface area contributed by atoms with Crippen molar-refractivity contribution in [1.29, 1.82) is 0 Å². The van der Waals surface area contributed by atoms with Crippen molar-refractivity contribution in [2.75, 3.05) is 32.8 Å². The summed E-state index contributed by atoms with van der Waals surface area (Å²) in [7, 11) is 0. The summed E-state index contributed by atoms with van der Waals surface area (Å²) in [5, 5.41) is 6.08. The maximum Gasteiger partial charge on any atom is 0.221 e. The molecule has 4 heteroatoms. The van der Waals surface area contributed by atoms with Crippen LogP contribution in [0.4, 0.5) is 0 Å². The average molecular weight is 214 g/mol. The highest BCUT2D eigenvalue weighted by atomic mass is 16.5. The molecule has 0 aliphatic carbocycles. The highest BCUT2D eigenvalue weighted by molar-refractivity contribution is 5.76. The van der Waals surface area contributed by atoms with Crippen LogP contribution in [0.3, 0.4) is 0 Å². The summed E-state index contributed by atoms with van der Waals surface area (Å²) in [6.07, 6.45) is 2.87. The lowest BCUT2D eigenvalue weighted by molar-refractivity contribution is -0.121. The van der Waals surface area contributed by atoms with E-state index >= 15 is 0 Å². The molecule has 1 unspecified atom stereocenters. The van der Waals surface area contributed by atoms with Crippen molar-refractivity contribution in [2.45, 2.75) is 26.2 Å². The Bertz CT molecular complexity index is 179. The van der Waals surface area contributed by atoms with Crippen molar-refractivity contribution in [3.05, 3.63) is 0 Å². The Morgan fingerprint density at radius 3 is 3.07 bits per heavy atom. The third kappa shape index (κ3) is 5.74. The fraction of sp³-hybridized carbons (Fsp3) is 0.909. The van der Waals surface area contributed by atoms with Crippen molar-refractivity contribution in [2.24, 2.45) is 5.92 Å². The van der Waals surface area contributed by atoms with Crippen molar-refractivity contribution >= 4 is 5.91 Å². The molecule has 2 N–H and O–H groups in total. The van der Waals surface area contributed by atoms with Gasteiger partial charge >= 0.3 is 0 Å². The van der Waals surface area contributed by atoms with Crippen molar-refractivity contribution < 1.29 is 9.53 Å². The standard InChI is InChI=1S/C11H22N2O2/c1-2-12-6-5-11(14)13-8-10-4-3-7-15-9-10/h10,12H,2-9H2,1H3,(H,13,14). The molecule has 1 fully saturated rings. The molecule has 1 aliphatic rings. The summed E-state index contributed by atoms with van der Waals surface area (Å²) in [5.74, 6) is 0.656. The third-order valence-electron chi connectivity index (χ3n) is 2.62. The Hall–Kier alpha value is -0.610. The highest BCUT2D eigenvalue weighted by Gasteiger charge is 2.14. The molecule has 0 spiro atoms. The number of nitrogens with one attached hydrogen (secondary N) is 2. The van der Waals surface area contributed by atoms with Gasteiger partial charge in [-0.1, -0.05) is 6.92 Å². The molecule has 1 rings (SSSR count). The molecule has 1 amide bonds. The number of ether oxygens (including phenoxy) is 1. The second kappa shape index (κ2) is 7.65. The second-order valence-electron chi connectivity index (χ2n) is 3.99. The normalized spacial score (nSPS) is 21.3. The molecule has 88 valence electrons. The van der Waals surface area contributed by atoms with Gasteiger partial charge in [-0.25, -0.2) is 0 Å². The lowest BCUT2D eigenvalue weighted by Gasteiger charge is -2.22. The maximum absolute atomic E-state index is 11.4. The summed E-state index contributed by atoms with van der Waals surface area (Å²) < 4.78 is 5.35. The van der Waals surface area contributed by atoms with E-state index in [1.165, 1.54) is 6.42 Å². The predicted molar refractivity (Wildman–Crippen MR) is 59.7 cm³/mol. The zero-order valence-corrected chi connectivity index (χ0v) is 9.55. The van der Waals surface area contributed by atoms with Crippen LogP contribution in [0.1, 0.15) is 26.2 Å². The summed E-state index contributed by atoms with van der Waals surface area (Å²) in [4.78, 5) is 11.4. The molecule has 0 radical (unpaired) electrons. The van der Waals surface area contributed by atoms with Crippen LogP contribution in [-0.4, -0.2) is 38.8 Å². The highest BCUT2D eigenvalue weighted by Crippen LogP contribution is 2.11. The van der Waals surface area contributed by atoms with E-state index in [1.807, 2.05) is 6.92 Å². The van der Waals surface area contributed by atoms with Gasteiger partial charge in [0.2, 0.25) is 5.91 Å². The van der Waals surface area contributed by atoms with Crippen LogP contribution in [-0.2, 0) is 9.53 Å². The van der Waals surface area contributed by atoms with Gasteiger partial charge < -0.3 is 15.4 Å². The Kier molecular flexibility index (Phi) is 6.36. The predicted octanol–water partition coefficient (Wildman–Crippen LogP) is 0.529. The van der Waals surface area contributed by atoms with Gasteiger partial charge in [-0.05, 0) is 25.3 Å². The van der Waals surface area contributed by atoms with Crippen LogP contribution in [0.15, 0.2) is 0 Å². The van der Waals surface area contributed by atoms with Crippen LogP contribution in [0.5, 0.6) is 0 Å². The van der Waals surface area contributed by atoms with Gasteiger partial charge in [0.05, 0.1) is 6.61 Å². The van der Waals surface area contributed by atoms with Gasteiger partial charge in [0, 0.05) is 26.1 Å². The van der Waals surface area contributed by atoms with Crippen LogP contribution in [0.25, 0.3) is 0 Å². The van der Waals surface area contributed by atoms with Gasteiger partial charge in [-0.3, -0.25) is 4.79 Å². The second-order valence-corrected chi connectivity index (χ2v) is 3.99. The molecular weight excluding hydrogens is 192 g/mol. The largest absolute Gasteiger partial charge is 0.381 e. The van der Waals surface area contributed by atoms with E-state index in [2.05, 4.69) is 10.6 Å². The van der Waals surface area contributed by atoms with E-state index in [4.69, 9.17) is 4.74 Å². The van der Waals surface area contributed by atoms with Gasteiger partial charge in [0.15, 0.2) is 0 Å². The number of carbonyl (C=O) groups excluding carboxylic acids is 1. The minimum atomic E-state index is 0.140. The summed E-state index contributed by atoms with van der Waals surface area (Å²) in [6.45, 7) is 6.17. The van der Waals surface area contributed by atoms with Crippen LogP contribution < -0.4 is 10.6 Å². The zero-order chi connectivity index (χ0) is 10.9. The Morgan fingerprint density at radius 1 is 1.53 bits per heavy atom. The van der Waals surface area contributed by atoms with Crippen LogP contribution in [0.2, 0.25) is 0 Å². The molecule has 0 bridgehead atoms. The molecule has 1 aliphatic heterocycles. The van der Waals surface area contributed by atoms with Gasteiger partial charge in [0.25, 0.3) is 0 Å². The first-order chi connectivity index (χ1) is 7.33. The molecule has 0 aromatic rings. The maximum atomic E-state index is 11.4. The van der Waals surface area contributed by atoms with Crippen molar-refractivity contribution in [3.8, 4) is 0 Å². The molecule has 4 nitrogen and oxygen atoms in total. The Morgan fingerprint density at radius 2 is 2.40 bits per heavy atom. The van der Waals surface area contributed by atoms with E-state index in [-0.39, 0.29) is 5.91 Å². The average Bonchev–Trinajstić information content (AvgIpc) is 2.28. The Balaban J connectivity index is 2.00. The quantitative estimate of drug-likeness (QED) is 0.634. The molecule has 1 heterocycles. The molecule has 0 aromatic heterocycles. The van der Waals surface area contributed by atoms with Gasteiger partial charge in [0.1, 0.15) is 0 Å². The van der Waals surface area contributed by atoms with E-state index in [0.29, 0.717) is 12.3 Å². The molecule has 15 heavy (non-hydrogen) atoms. The van der Waals surface area contributed by atoms with Crippen molar-refractivity contribution in [3.63, 3.8) is 0 Å². The number of amides is 1. The van der Waals surface area contributed by atoms with E-state index < -0.39 is 0 Å². The first-order valence-electron chi connectivity index (χ1n) is 5.88. The van der Waals surface area contributed by atoms with Gasteiger partial charge in [-0.2, -0.15) is 0 Å². The van der Waals surface area contributed by atoms with E-state index in [9.17, 15) is 4.79 Å². The monoisotopic (exact) mass is 214 g/mol. The molecule has 0 aromatic carbocycles. The van der Waals surface area contributed by atoms with Gasteiger partial charge in [-0.15, -0.1) is 0 Å².